The number of carbonyl (C=O) groups excluding carboxylic acids is 3. The van der Waals surface area contributed by atoms with Gasteiger partial charge in [0.05, 0.1) is 18.3 Å². The van der Waals surface area contributed by atoms with Crippen LogP contribution in [0, 0.1) is 0 Å². The molecule has 2 heterocycles. The van der Waals surface area contributed by atoms with Gasteiger partial charge in [0.15, 0.2) is 6.10 Å². The van der Waals surface area contributed by atoms with E-state index in [9.17, 15) is 19.5 Å². The second-order valence-electron chi connectivity index (χ2n) is 8.85. The van der Waals surface area contributed by atoms with Gasteiger partial charge in [0, 0.05) is 20.6 Å². The Hall–Kier alpha value is -4.04. The number of aliphatic hydroxyl groups is 1. The summed E-state index contributed by atoms with van der Waals surface area (Å²) in [5, 5.41) is 16.5. The Kier molecular flexibility index (Phi) is 8.41. The van der Waals surface area contributed by atoms with Crippen LogP contribution in [0.4, 0.5) is 0 Å². The third kappa shape index (κ3) is 6.55. The van der Waals surface area contributed by atoms with Gasteiger partial charge in [0.25, 0.3) is 5.91 Å². The molecule has 1 fully saturated rings. The van der Waals surface area contributed by atoms with Crippen molar-refractivity contribution in [3.05, 3.63) is 102 Å². The molecule has 0 saturated carbocycles. The minimum atomic E-state index is -1.49. The van der Waals surface area contributed by atoms with Crippen molar-refractivity contribution in [3.8, 4) is 0 Å². The first-order chi connectivity index (χ1) is 17.5. The molecule has 8 heteroatoms. The average molecular weight is 489 g/mol. The fourth-order valence-corrected chi connectivity index (χ4v) is 4.34. The minimum absolute atomic E-state index is 0. The van der Waals surface area contributed by atoms with Crippen molar-refractivity contribution < 1.29 is 20.9 Å². The molecule has 4 rings (SSSR count). The van der Waals surface area contributed by atoms with Crippen LogP contribution in [0.5, 0.6) is 0 Å². The summed E-state index contributed by atoms with van der Waals surface area (Å²) in [6.45, 7) is 0.485. The number of likely N-dealkylation sites (tertiary alicyclic amines) is 1. The standard InChI is InChI=1S/C28H30N4O4.H2/c33-25-15-14-24(32(25)19-21-11-5-2-6-12-21)27(35)31-23(17-20-9-3-1-4-10-20)26(34)28(36)30-18-22-13-7-8-16-29-22;/h1-13,16,23-24,26,34H,14-15,17-19H2,(H,30,36)(H,31,35);1H/t23-,24+,26-;/m0./s1. The highest BCUT2D eigenvalue weighted by Crippen LogP contribution is 2.22. The first-order valence-electron chi connectivity index (χ1n) is 12.0. The van der Waals surface area contributed by atoms with Crippen LogP contribution in [0.25, 0.3) is 0 Å². The van der Waals surface area contributed by atoms with Gasteiger partial charge in [-0.25, -0.2) is 0 Å². The van der Waals surface area contributed by atoms with Crippen molar-refractivity contribution >= 4 is 17.7 Å². The van der Waals surface area contributed by atoms with E-state index in [2.05, 4.69) is 15.6 Å². The van der Waals surface area contributed by atoms with Crippen LogP contribution >= 0.6 is 0 Å². The molecule has 1 aliphatic rings. The lowest BCUT2D eigenvalue weighted by atomic mass is 9.99. The molecule has 3 amide bonds. The molecule has 36 heavy (non-hydrogen) atoms. The Morgan fingerprint density at radius 3 is 2.33 bits per heavy atom. The summed E-state index contributed by atoms with van der Waals surface area (Å²) in [5.74, 6) is -1.08. The van der Waals surface area contributed by atoms with Gasteiger partial charge in [0.2, 0.25) is 11.8 Å². The van der Waals surface area contributed by atoms with Crippen LogP contribution in [0.2, 0.25) is 0 Å². The largest absolute Gasteiger partial charge is 0.381 e. The molecule has 188 valence electrons. The number of hydrogen-bond donors (Lipinski definition) is 3. The number of aliphatic hydroxyl groups excluding tert-OH is 1. The molecule has 1 aromatic heterocycles. The van der Waals surface area contributed by atoms with Crippen molar-refractivity contribution in [3.63, 3.8) is 0 Å². The molecular weight excluding hydrogens is 456 g/mol. The number of nitrogens with one attached hydrogen (secondary N) is 2. The second-order valence-corrected chi connectivity index (χ2v) is 8.85. The van der Waals surface area contributed by atoms with E-state index in [0.29, 0.717) is 18.7 Å². The van der Waals surface area contributed by atoms with Gasteiger partial charge < -0.3 is 20.6 Å². The van der Waals surface area contributed by atoms with E-state index < -0.39 is 24.1 Å². The SMILES string of the molecule is O=C(NCc1ccccn1)[C@@H](O)[C@H](Cc1ccccc1)NC(=O)[C@H]1CCC(=O)N1Cc1ccccc1.[HH]. The van der Waals surface area contributed by atoms with Crippen molar-refractivity contribution in [2.45, 2.75) is 50.5 Å². The maximum absolute atomic E-state index is 13.3. The van der Waals surface area contributed by atoms with E-state index in [4.69, 9.17) is 0 Å². The normalized spacial score (nSPS) is 16.9. The molecule has 1 saturated heterocycles. The van der Waals surface area contributed by atoms with E-state index in [1.807, 2.05) is 66.7 Å². The molecule has 0 spiro atoms. The van der Waals surface area contributed by atoms with E-state index >= 15 is 0 Å². The molecule has 3 N–H and O–H groups in total. The number of nitrogens with zero attached hydrogens (tertiary/aromatic N) is 2. The lowest BCUT2D eigenvalue weighted by Gasteiger charge is -2.28. The number of rotatable bonds is 10. The fraction of sp³-hybridized carbons (Fsp3) is 0.286. The molecule has 8 nitrogen and oxygen atoms in total. The van der Waals surface area contributed by atoms with Crippen LogP contribution in [0.1, 0.15) is 31.1 Å². The van der Waals surface area contributed by atoms with Crippen molar-refractivity contribution in [1.82, 2.24) is 20.5 Å². The fourth-order valence-electron chi connectivity index (χ4n) is 4.34. The van der Waals surface area contributed by atoms with Crippen LogP contribution < -0.4 is 10.6 Å². The highest BCUT2D eigenvalue weighted by molar-refractivity contribution is 5.91. The summed E-state index contributed by atoms with van der Waals surface area (Å²) < 4.78 is 0. The molecule has 0 radical (unpaired) electrons. The Bertz CT molecular complexity index is 1160. The van der Waals surface area contributed by atoms with Gasteiger partial charge in [-0.05, 0) is 36.1 Å². The predicted octanol–water partition coefficient (Wildman–Crippen LogP) is 2.22. The van der Waals surface area contributed by atoms with Gasteiger partial charge in [0.1, 0.15) is 6.04 Å². The molecular formula is C28H32N4O4. The summed E-state index contributed by atoms with van der Waals surface area (Å²) in [4.78, 5) is 44.4. The molecule has 2 aromatic carbocycles. The monoisotopic (exact) mass is 488 g/mol. The van der Waals surface area contributed by atoms with Gasteiger partial charge in [-0.3, -0.25) is 19.4 Å². The quantitative estimate of drug-likeness (QED) is 0.405. The van der Waals surface area contributed by atoms with E-state index in [1.165, 1.54) is 0 Å². The van der Waals surface area contributed by atoms with Crippen molar-refractivity contribution in [2.24, 2.45) is 0 Å². The molecule has 3 aromatic rings. The first kappa shape index (κ1) is 25.1. The topological polar surface area (TPSA) is 112 Å². The summed E-state index contributed by atoms with van der Waals surface area (Å²) in [6, 6.07) is 22.7. The first-order valence-corrected chi connectivity index (χ1v) is 12.0. The highest BCUT2D eigenvalue weighted by atomic mass is 16.3. The van der Waals surface area contributed by atoms with Crippen LogP contribution in [0.3, 0.4) is 0 Å². The molecule has 1 aliphatic heterocycles. The smallest absolute Gasteiger partial charge is 0.251 e. The van der Waals surface area contributed by atoms with Crippen LogP contribution in [-0.2, 0) is 33.9 Å². The van der Waals surface area contributed by atoms with Crippen molar-refractivity contribution in [2.75, 3.05) is 0 Å². The van der Waals surface area contributed by atoms with E-state index in [1.54, 1.807) is 23.2 Å². The summed E-state index contributed by atoms with van der Waals surface area (Å²) in [6.07, 6.45) is 1.06. The number of carbonyl (C=O) groups is 3. The van der Waals surface area contributed by atoms with Crippen molar-refractivity contribution in [1.29, 1.82) is 0 Å². The van der Waals surface area contributed by atoms with Crippen LogP contribution in [-0.4, -0.2) is 50.9 Å². The molecule has 0 unspecified atom stereocenters. The Morgan fingerprint density at radius 1 is 1.00 bits per heavy atom. The highest BCUT2D eigenvalue weighted by Gasteiger charge is 2.38. The molecule has 0 aliphatic carbocycles. The third-order valence-corrected chi connectivity index (χ3v) is 6.27. The van der Waals surface area contributed by atoms with Gasteiger partial charge in [-0.15, -0.1) is 0 Å². The number of hydrogen-bond acceptors (Lipinski definition) is 5. The minimum Gasteiger partial charge on any atom is -0.381 e. The van der Waals surface area contributed by atoms with Gasteiger partial charge in [-0.2, -0.15) is 0 Å². The van der Waals surface area contributed by atoms with Crippen LogP contribution in [0.15, 0.2) is 85.1 Å². The lowest BCUT2D eigenvalue weighted by Crippen LogP contribution is -2.55. The van der Waals surface area contributed by atoms with Gasteiger partial charge in [-0.1, -0.05) is 66.7 Å². The summed E-state index contributed by atoms with van der Waals surface area (Å²) >= 11 is 0. The third-order valence-electron chi connectivity index (χ3n) is 6.27. The molecule has 3 atom stereocenters. The maximum Gasteiger partial charge on any atom is 0.251 e. The number of amides is 3. The summed E-state index contributed by atoms with van der Waals surface area (Å²) in [7, 11) is 0. The van der Waals surface area contributed by atoms with E-state index in [-0.39, 0.29) is 32.6 Å². The Morgan fingerprint density at radius 2 is 1.67 bits per heavy atom. The predicted molar refractivity (Wildman–Crippen MR) is 136 cm³/mol. The maximum atomic E-state index is 13.3. The number of aromatic nitrogens is 1. The second kappa shape index (κ2) is 12.1. The van der Waals surface area contributed by atoms with Gasteiger partial charge >= 0.3 is 0 Å². The molecule has 0 bridgehead atoms. The number of benzene rings is 2. The lowest BCUT2D eigenvalue weighted by molar-refractivity contribution is -0.138. The zero-order chi connectivity index (χ0) is 25.3. The van der Waals surface area contributed by atoms with E-state index in [0.717, 1.165) is 11.1 Å². The Labute approximate surface area is 211 Å². The zero-order valence-corrected chi connectivity index (χ0v) is 19.9. The summed E-state index contributed by atoms with van der Waals surface area (Å²) in [5.41, 5.74) is 2.45. The average Bonchev–Trinajstić information content (AvgIpc) is 3.28. The number of pyridine rings is 1. The zero-order valence-electron chi connectivity index (χ0n) is 19.9. The Balaban J connectivity index is 0.00000380.